The summed E-state index contributed by atoms with van der Waals surface area (Å²) in [4.78, 5) is 17.7. The van der Waals surface area contributed by atoms with Crippen molar-refractivity contribution in [2.24, 2.45) is 5.73 Å². The molecule has 0 unspecified atom stereocenters. The Morgan fingerprint density at radius 3 is 3.00 bits per heavy atom. The average Bonchev–Trinajstić information content (AvgIpc) is 2.35. The molecule has 0 saturated heterocycles. The van der Waals surface area contributed by atoms with E-state index in [1.54, 1.807) is 6.07 Å². The molecule has 2 aromatic rings. The minimum Gasteiger partial charge on any atom is -0.437 e. The van der Waals surface area contributed by atoms with Gasteiger partial charge in [0.2, 0.25) is 5.88 Å². The molecule has 0 aliphatic rings. The first-order valence-electron chi connectivity index (χ1n) is 5.02. The van der Waals surface area contributed by atoms with Gasteiger partial charge < -0.3 is 15.5 Å². The van der Waals surface area contributed by atoms with Crippen molar-refractivity contribution in [3.63, 3.8) is 0 Å². The van der Waals surface area contributed by atoms with E-state index in [2.05, 4.69) is 9.97 Å². The van der Waals surface area contributed by atoms with Crippen LogP contribution in [-0.2, 0) is 6.54 Å². The second-order valence-corrected chi connectivity index (χ2v) is 4.45. The second kappa shape index (κ2) is 5.44. The Kier molecular flexibility index (Phi) is 3.92. The standard InChI is InChI=1S/C11H9FIN3O2/c12-7-2-1-3-8(6(7)4-14)18-11-9(13)10(17)15-5-16-11/h1-3,5H,4,14H2,(H,15,16,17). The number of ether oxygens (including phenoxy) is 1. The van der Waals surface area contributed by atoms with Crippen LogP contribution in [0.2, 0.25) is 0 Å². The number of hydrogen-bond acceptors (Lipinski definition) is 4. The Morgan fingerprint density at radius 1 is 1.50 bits per heavy atom. The first-order chi connectivity index (χ1) is 8.63. The van der Waals surface area contributed by atoms with Gasteiger partial charge in [-0.3, -0.25) is 4.79 Å². The van der Waals surface area contributed by atoms with Crippen molar-refractivity contribution >= 4 is 22.6 Å². The summed E-state index contributed by atoms with van der Waals surface area (Å²) in [5.41, 5.74) is 5.40. The van der Waals surface area contributed by atoms with Gasteiger partial charge in [0, 0.05) is 12.1 Å². The third-order valence-corrected chi connectivity index (χ3v) is 3.20. The van der Waals surface area contributed by atoms with Gasteiger partial charge in [-0.2, -0.15) is 0 Å². The molecule has 0 saturated carbocycles. The Balaban J connectivity index is 2.43. The molecule has 0 amide bonds. The number of hydrogen-bond donors (Lipinski definition) is 2. The minimum atomic E-state index is -0.449. The van der Waals surface area contributed by atoms with Gasteiger partial charge in [-0.05, 0) is 34.7 Å². The van der Waals surface area contributed by atoms with Crippen LogP contribution < -0.4 is 16.0 Å². The minimum absolute atomic E-state index is 0.00176. The van der Waals surface area contributed by atoms with Crippen molar-refractivity contribution < 1.29 is 9.13 Å². The van der Waals surface area contributed by atoms with E-state index < -0.39 is 5.82 Å². The summed E-state index contributed by atoms with van der Waals surface area (Å²) in [5.74, 6) is -0.0667. The summed E-state index contributed by atoms with van der Waals surface area (Å²) >= 11 is 1.81. The molecular weight excluding hydrogens is 352 g/mol. The molecule has 2 rings (SSSR count). The van der Waals surface area contributed by atoms with Gasteiger partial charge >= 0.3 is 0 Å². The maximum absolute atomic E-state index is 13.5. The third kappa shape index (κ3) is 2.51. The van der Waals surface area contributed by atoms with Gasteiger partial charge in [0.1, 0.15) is 15.1 Å². The van der Waals surface area contributed by atoms with Crippen LogP contribution in [0.25, 0.3) is 0 Å². The predicted molar refractivity (Wildman–Crippen MR) is 71.9 cm³/mol. The highest BCUT2D eigenvalue weighted by atomic mass is 127. The molecule has 0 bridgehead atoms. The molecule has 3 N–H and O–H groups in total. The van der Waals surface area contributed by atoms with E-state index in [4.69, 9.17) is 10.5 Å². The summed E-state index contributed by atoms with van der Waals surface area (Å²) in [7, 11) is 0. The number of H-pyrrole nitrogens is 1. The number of aromatic nitrogens is 2. The molecule has 7 heteroatoms. The van der Waals surface area contributed by atoms with Crippen LogP contribution in [0.5, 0.6) is 11.6 Å². The topological polar surface area (TPSA) is 81.0 Å². The fraction of sp³-hybridized carbons (Fsp3) is 0.0909. The molecule has 94 valence electrons. The molecule has 0 radical (unpaired) electrons. The van der Waals surface area contributed by atoms with Gasteiger partial charge in [-0.15, -0.1) is 0 Å². The Morgan fingerprint density at radius 2 is 2.28 bits per heavy atom. The van der Waals surface area contributed by atoms with E-state index in [-0.39, 0.29) is 29.3 Å². The summed E-state index contributed by atoms with van der Waals surface area (Å²) in [6, 6.07) is 4.37. The zero-order valence-electron chi connectivity index (χ0n) is 9.11. The Labute approximate surface area is 115 Å². The van der Waals surface area contributed by atoms with Crippen LogP contribution in [0.3, 0.4) is 0 Å². The van der Waals surface area contributed by atoms with E-state index in [0.717, 1.165) is 0 Å². The van der Waals surface area contributed by atoms with Crippen molar-refractivity contribution in [3.05, 3.63) is 49.8 Å². The maximum Gasteiger partial charge on any atom is 0.268 e. The fourth-order valence-electron chi connectivity index (χ4n) is 1.37. The van der Waals surface area contributed by atoms with Gasteiger partial charge in [-0.25, -0.2) is 9.37 Å². The first kappa shape index (κ1) is 13.0. The predicted octanol–water partition coefficient (Wildman–Crippen LogP) is 1.76. The normalized spacial score (nSPS) is 10.4. The highest BCUT2D eigenvalue weighted by Gasteiger charge is 2.12. The molecule has 0 aliphatic carbocycles. The zero-order valence-corrected chi connectivity index (χ0v) is 11.3. The second-order valence-electron chi connectivity index (χ2n) is 3.37. The maximum atomic E-state index is 13.5. The van der Waals surface area contributed by atoms with E-state index in [1.807, 2.05) is 22.6 Å². The lowest BCUT2D eigenvalue weighted by atomic mass is 10.2. The smallest absolute Gasteiger partial charge is 0.268 e. The van der Waals surface area contributed by atoms with Crippen LogP contribution >= 0.6 is 22.6 Å². The Hall–Kier alpha value is -1.48. The van der Waals surface area contributed by atoms with Crippen LogP contribution in [-0.4, -0.2) is 9.97 Å². The molecule has 0 aliphatic heterocycles. The molecule has 0 atom stereocenters. The number of nitrogens with two attached hydrogens (primary N) is 1. The Bertz CT molecular complexity index is 630. The van der Waals surface area contributed by atoms with Gasteiger partial charge in [-0.1, -0.05) is 6.07 Å². The average molecular weight is 361 g/mol. The number of rotatable bonds is 3. The van der Waals surface area contributed by atoms with Gasteiger partial charge in [0.25, 0.3) is 5.56 Å². The summed E-state index contributed by atoms with van der Waals surface area (Å²) in [6.07, 6.45) is 1.22. The van der Waals surface area contributed by atoms with E-state index >= 15 is 0 Å². The molecule has 1 aromatic carbocycles. The lowest BCUT2D eigenvalue weighted by Crippen LogP contribution is -2.12. The number of halogens is 2. The zero-order chi connectivity index (χ0) is 13.1. The molecule has 0 fully saturated rings. The highest BCUT2D eigenvalue weighted by molar-refractivity contribution is 14.1. The first-order valence-corrected chi connectivity index (χ1v) is 6.10. The quantitative estimate of drug-likeness (QED) is 0.817. The lowest BCUT2D eigenvalue weighted by molar-refractivity contribution is 0.444. The summed E-state index contributed by atoms with van der Waals surface area (Å²) in [5, 5.41) is 0. The fourth-order valence-corrected chi connectivity index (χ4v) is 1.78. The van der Waals surface area contributed by atoms with E-state index in [1.165, 1.54) is 18.5 Å². The third-order valence-electron chi connectivity index (χ3n) is 2.25. The highest BCUT2D eigenvalue weighted by Crippen LogP contribution is 2.26. The molecule has 1 heterocycles. The molecule has 5 nitrogen and oxygen atoms in total. The number of aromatic amines is 1. The summed E-state index contributed by atoms with van der Waals surface area (Å²) in [6.45, 7) is 0.00176. The summed E-state index contributed by atoms with van der Waals surface area (Å²) < 4.78 is 19.2. The molecule has 1 aromatic heterocycles. The molecule has 18 heavy (non-hydrogen) atoms. The van der Waals surface area contributed by atoms with Crippen LogP contribution in [0.1, 0.15) is 5.56 Å². The van der Waals surface area contributed by atoms with Crippen molar-refractivity contribution in [1.82, 2.24) is 9.97 Å². The van der Waals surface area contributed by atoms with Crippen LogP contribution in [0.4, 0.5) is 4.39 Å². The molecular formula is C11H9FIN3O2. The van der Waals surface area contributed by atoms with E-state index in [0.29, 0.717) is 3.57 Å². The SMILES string of the molecule is NCc1c(F)cccc1Oc1nc[nH]c(=O)c1I. The monoisotopic (exact) mass is 361 g/mol. The van der Waals surface area contributed by atoms with Crippen molar-refractivity contribution in [2.45, 2.75) is 6.54 Å². The van der Waals surface area contributed by atoms with Crippen LogP contribution in [0.15, 0.2) is 29.3 Å². The lowest BCUT2D eigenvalue weighted by Gasteiger charge is -2.10. The van der Waals surface area contributed by atoms with Crippen LogP contribution in [0, 0.1) is 9.39 Å². The largest absolute Gasteiger partial charge is 0.437 e. The molecule has 0 spiro atoms. The van der Waals surface area contributed by atoms with E-state index in [9.17, 15) is 9.18 Å². The van der Waals surface area contributed by atoms with Crippen molar-refractivity contribution in [2.75, 3.05) is 0 Å². The number of nitrogens with one attached hydrogen (secondary N) is 1. The van der Waals surface area contributed by atoms with Crippen molar-refractivity contribution in [1.29, 1.82) is 0 Å². The van der Waals surface area contributed by atoms with Crippen molar-refractivity contribution in [3.8, 4) is 11.6 Å². The van der Waals surface area contributed by atoms with Gasteiger partial charge in [0.05, 0.1) is 6.33 Å². The van der Waals surface area contributed by atoms with Gasteiger partial charge in [0.15, 0.2) is 0 Å². The number of benzene rings is 1. The number of nitrogens with zero attached hydrogens (tertiary/aromatic N) is 1.